The molecule has 1 N–H and O–H groups in total. The van der Waals surface area contributed by atoms with Crippen molar-refractivity contribution in [3.63, 3.8) is 0 Å². The summed E-state index contributed by atoms with van der Waals surface area (Å²) in [6.45, 7) is 0. The van der Waals surface area contributed by atoms with E-state index in [0.29, 0.717) is 11.8 Å². The van der Waals surface area contributed by atoms with Gasteiger partial charge in [0.25, 0.3) is 0 Å². The van der Waals surface area contributed by atoms with Crippen LogP contribution in [0.1, 0.15) is 0 Å². The molecule has 0 aliphatic carbocycles. The molecule has 1 aromatic carbocycles. The zero-order valence-electron chi connectivity index (χ0n) is 13.1. The Morgan fingerprint density at radius 3 is 2.72 bits per heavy atom. The number of anilines is 2. The molecule has 0 spiro atoms. The van der Waals surface area contributed by atoms with E-state index in [1.54, 1.807) is 10.7 Å². The quantitative estimate of drug-likeness (QED) is 0.551. The third kappa shape index (κ3) is 2.38. The maximum Gasteiger partial charge on any atom is 0.248 e. The lowest BCUT2D eigenvalue weighted by molar-refractivity contribution is 0.941. The second-order valence-corrected chi connectivity index (χ2v) is 5.57. The van der Waals surface area contributed by atoms with Crippen molar-refractivity contribution in [2.24, 2.45) is 0 Å². The highest BCUT2D eigenvalue weighted by Crippen LogP contribution is 2.19. The molecule has 0 atom stereocenters. The lowest BCUT2D eigenvalue weighted by Crippen LogP contribution is -1.97. The average Bonchev–Trinajstić information content (AvgIpc) is 3.25. The zero-order chi connectivity index (χ0) is 16.6. The van der Waals surface area contributed by atoms with Gasteiger partial charge < -0.3 is 5.32 Å². The summed E-state index contributed by atoms with van der Waals surface area (Å²) in [7, 11) is 0. The van der Waals surface area contributed by atoms with E-state index in [-0.39, 0.29) is 0 Å². The Morgan fingerprint density at radius 1 is 0.880 bits per heavy atom. The van der Waals surface area contributed by atoms with Crippen LogP contribution in [0.5, 0.6) is 0 Å². The summed E-state index contributed by atoms with van der Waals surface area (Å²) in [4.78, 5) is 13.1. The first kappa shape index (κ1) is 13.7. The number of hydrogen-bond donors (Lipinski definition) is 1. The smallest absolute Gasteiger partial charge is 0.248 e. The number of nitrogens with zero attached hydrogens (tertiary/aromatic N) is 6. The summed E-state index contributed by atoms with van der Waals surface area (Å²) in [5.74, 6) is 1.21. The topological polar surface area (TPSA) is 72.9 Å². The number of imidazole rings is 1. The lowest BCUT2D eigenvalue weighted by atomic mass is 10.3. The first-order valence-electron chi connectivity index (χ1n) is 7.84. The van der Waals surface area contributed by atoms with Gasteiger partial charge in [-0.15, -0.1) is 5.10 Å². The molecule has 7 nitrogen and oxygen atoms in total. The third-order valence-electron chi connectivity index (χ3n) is 3.95. The minimum Gasteiger partial charge on any atom is -0.307 e. The summed E-state index contributed by atoms with van der Waals surface area (Å²) in [5.41, 5.74) is 3.73. The molecule has 0 aliphatic heterocycles. The number of para-hydroxylation sites is 2. The van der Waals surface area contributed by atoms with E-state index >= 15 is 0 Å². The molecule has 7 heteroatoms. The van der Waals surface area contributed by atoms with Gasteiger partial charge in [0, 0.05) is 6.20 Å². The fourth-order valence-electron chi connectivity index (χ4n) is 2.78. The highest BCUT2D eigenvalue weighted by molar-refractivity contribution is 5.77. The minimum atomic E-state index is 0.506. The van der Waals surface area contributed by atoms with Gasteiger partial charge in [0.15, 0.2) is 5.65 Å². The van der Waals surface area contributed by atoms with E-state index in [9.17, 15) is 0 Å². The van der Waals surface area contributed by atoms with Crippen LogP contribution in [0.4, 0.5) is 11.8 Å². The Kier molecular flexibility index (Phi) is 2.96. The van der Waals surface area contributed by atoms with Gasteiger partial charge in [0.2, 0.25) is 5.95 Å². The number of nitrogens with one attached hydrogen (secondary N) is 1. The highest BCUT2D eigenvalue weighted by atomic mass is 15.4. The zero-order valence-corrected chi connectivity index (χ0v) is 13.1. The fourth-order valence-corrected chi connectivity index (χ4v) is 2.78. The largest absolute Gasteiger partial charge is 0.307 e. The van der Waals surface area contributed by atoms with Crippen molar-refractivity contribution < 1.29 is 0 Å². The van der Waals surface area contributed by atoms with Crippen LogP contribution >= 0.6 is 0 Å². The number of aromatic nitrogens is 6. The monoisotopic (exact) mass is 327 g/mol. The first-order valence-corrected chi connectivity index (χ1v) is 7.84. The molecule has 0 amide bonds. The first-order chi connectivity index (χ1) is 12.4. The van der Waals surface area contributed by atoms with Crippen molar-refractivity contribution in [3.05, 3.63) is 73.3 Å². The van der Waals surface area contributed by atoms with Crippen LogP contribution in [0.15, 0.2) is 73.3 Å². The standard InChI is InChI=1S/C18H13N7/c1-2-6-15-14(5-1)20-12-24(15)13-8-9-17-22-18(23-25(17)11-13)21-16-7-3-4-10-19-16/h1-12H,(H,19,21,23). The van der Waals surface area contributed by atoms with Crippen LogP contribution in [0.25, 0.3) is 22.4 Å². The van der Waals surface area contributed by atoms with Gasteiger partial charge >= 0.3 is 0 Å². The Hall–Kier alpha value is -3.74. The van der Waals surface area contributed by atoms with Crippen LogP contribution in [0, 0.1) is 0 Å². The van der Waals surface area contributed by atoms with Gasteiger partial charge in [0.1, 0.15) is 12.1 Å². The molecule has 0 aliphatic rings. The van der Waals surface area contributed by atoms with Crippen molar-refractivity contribution >= 4 is 28.4 Å². The van der Waals surface area contributed by atoms with Gasteiger partial charge in [-0.25, -0.2) is 14.5 Å². The molecular formula is C18H13N7. The summed E-state index contributed by atoms with van der Waals surface area (Å²) in [5, 5.41) is 7.58. The number of benzene rings is 1. The number of rotatable bonds is 3. The van der Waals surface area contributed by atoms with E-state index in [4.69, 9.17) is 0 Å². The van der Waals surface area contributed by atoms with Crippen molar-refractivity contribution in [2.75, 3.05) is 5.32 Å². The molecule has 25 heavy (non-hydrogen) atoms. The molecule has 5 aromatic rings. The van der Waals surface area contributed by atoms with Crippen molar-refractivity contribution in [2.45, 2.75) is 0 Å². The second kappa shape index (κ2) is 5.41. The second-order valence-electron chi connectivity index (χ2n) is 5.57. The predicted molar refractivity (Wildman–Crippen MR) is 95.1 cm³/mol. The molecule has 0 fully saturated rings. The van der Waals surface area contributed by atoms with Crippen LogP contribution in [-0.2, 0) is 0 Å². The molecule has 0 unspecified atom stereocenters. The number of hydrogen-bond acceptors (Lipinski definition) is 5. The molecular weight excluding hydrogens is 314 g/mol. The summed E-state index contributed by atoms with van der Waals surface area (Å²) >= 11 is 0. The molecule has 0 saturated carbocycles. The summed E-state index contributed by atoms with van der Waals surface area (Å²) in [6, 6.07) is 17.6. The maximum atomic E-state index is 4.48. The summed E-state index contributed by atoms with van der Waals surface area (Å²) in [6.07, 6.45) is 5.47. The average molecular weight is 327 g/mol. The minimum absolute atomic E-state index is 0.506. The Bertz CT molecular complexity index is 1170. The predicted octanol–water partition coefficient (Wildman–Crippen LogP) is 3.21. The lowest BCUT2D eigenvalue weighted by Gasteiger charge is -2.04. The normalized spacial score (nSPS) is 11.2. The van der Waals surface area contributed by atoms with Gasteiger partial charge in [-0.05, 0) is 36.4 Å². The summed E-state index contributed by atoms with van der Waals surface area (Å²) < 4.78 is 3.78. The Labute approximate surface area is 142 Å². The molecule has 0 radical (unpaired) electrons. The SMILES string of the molecule is c1ccc(Nc2nc3ccc(-n4cnc5ccccc54)cn3n2)nc1. The highest BCUT2D eigenvalue weighted by Gasteiger charge is 2.08. The molecule has 120 valence electrons. The Morgan fingerprint density at radius 2 is 1.80 bits per heavy atom. The van der Waals surface area contributed by atoms with Gasteiger partial charge in [-0.3, -0.25) is 4.57 Å². The maximum absolute atomic E-state index is 4.48. The molecule has 4 aromatic heterocycles. The molecule has 5 rings (SSSR count). The van der Waals surface area contributed by atoms with Crippen molar-refractivity contribution in [3.8, 4) is 5.69 Å². The van der Waals surface area contributed by atoms with Crippen LogP contribution in [-0.4, -0.2) is 29.1 Å². The fraction of sp³-hybridized carbons (Fsp3) is 0. The van der Waals surface area contributed by atoms with Crippen LogP contribution < -0.4 is 5.32 Å². The van der Waals surface area contributed by atoms with E-state index < -0.39 is 0 Å². The molecule has 0 bridgehead atoms. The van der Waals surface area contributed by atoms with E-state index in [0.717, 1.165) is 22.4 Å². The van der Waals surface area contributed by atoms with E-state index in [2.05, 4.69) is 25.4 Å². The van der Waals surface area contributed by atoms with Gasteiger partial charge in [-0.2, -0.15) is 4.98 Å². The van der Waals surface area contributed by atoms with E-state index in [1.807, 2.05) is 71.7 Å². The van der Waals surface area contributed by atoms with Crippen LogP contribution in [0.3, 0.4) is 0 Å². The third-order valence-corrected chi connectivity index (χ3v) is 3.95. The Balaban J connectivity index is 1.55. The molecule has 0 saturated heterocycles. The van der Waals surface area contributed by atoms with Gasteiger partial charge in [0.05, 0.1) is 22.9 Å². The number of fused-ring (bicyclic) bond motifs is 2. The van der Waals surface area contributed by atoms with Crippen molar-refractivity contribution in [1.29, 1.82) is 0 Å². The number of pyridine rings is 2. The van der Waals surface area contributed by atoms with Crippen molar-refractivity contribution in [1.82, 2.24) is 29.1 Å². The van der Waals surface area contributed by atoms with Gasteiger partial charge in [-0.1, -0.05) is 18.2 Å². The van der Waals surface area contributed by atoms with Crippen LogP contribution in [0.2, 0.25) is 0 Å². The van der Waals surface area contributed by atoms with E-state index in [1.165, 1.54) is 0 Å². The molecule has 4 heterocycles.